The molecule has 0 unspecified atom stereocenters. The summed E-state index contributed by atoms with van der Waals surface area (Å²) in [6, 6.07) is 14.3. The zero-order chi connectivity index (χ0) is 16.4. The molecular formula is C18H15FN2O2. The summed E-state index contributed by atoms with van der Waals surface area (Å²) in [4.78, 5) is 11.5. The second kappa shape index (κ2) is 5.96. The lowest BCUT2D eigenvalue weighted by molar-refractivity contribution is 0.478. The lowest BCUT2D eigenvalue weighted by Gasteiger charge is -2.13. The summed E-state index contributed by atoms with van der Waals surface area (Å²) < 4.78 is 20.6. The number of pyridine rings is 1. The number of nitrogens with two attached hydrogens (primary N) is 1. The number of hydrogen-bond acceptors (Lipinski definition) is 3. The number of halogens is 1. The molecule has 23 heavy (non-hydrogen) atoms. The van der Waals surface area contributed by atoms with Gasteiger partial charge < -0.3 is 15.0 Å². The van der Waals surface area contributed by atoms with E-state index in [1.165, 1.54) is 22.8 Å². The SMILES string of the molecule is Cn1cc(-c2cc(N)ccc2Oc2cccc(F)c2)ccc1=O. The van der Waals surface area contributed by atoms with Gasteiger partial charge in [0.05, 0.1) is 0 Å². The average molecular weight is 310 g/mol. The van der Waals surface area contributed by atoms with Gasteiger partial charge in [-0.05, 0) is 36.4 Å². The molecule has 3 aromatic rings. The third-order valence-corrected chi connectivity index (χ3v) is 3.42. The molecule has 5 heteroatoms. The van der Waals surface area contributed by atoms with Crippen LogP contribution in [-0.2, 0) is 7.05 Å². The van der Waals surface area contributed by atoms with Crippen LogP contribution in [0.15, 0.2) is 65.6 Å². The second-order valence-electron chi connectivity index (χ2n) is 5.18. The summed E-state index contributed by atoms with van der Waals surface area (Å²) in [6.45, 7) is 0. The molecule has 0 amide bonds. The standard InChI is InChI=1S/C18H15FN2O2/c1-21-11-12(5-8-18(21)22)16-10-14(20)6-7-17(16)23-15-4-2-3-13(19)9-15/h2-11H,20H2,1H3. The molecule has 0 spiro atoms. The highest BCUT2D eigenvalue weighted by Gasteiger charge is 2.10. The van der Waals surface area contributed by atoms with Gasteiger partial charge in [0.15, 0.2) is 0 Å². The molecule has 0 saturated heterocycles. The Balaban J connectivity index is 2.07. The van der Waals surface area contributed by atoms with Gasteiger partial charge in [-0.2, -0.15) is 0 Å². The minimum absolute atomic E-state index is 0.106. The van der Waals surface area contributed by atoms with Gasteiger partial charge in [-0.15, -0.1) is 0 Å². The van der Waals surface area contributed by atoms with Crippen LogP contribution in [0.2, 0.25) is 0 Å². The molecule has 2 N–H and O–H groups in total. The quantitative estimate of drug-likeness (QED) is 0.752. The topological polar surface area (TPSA) is 57.2 Å². The first-order valence-electron chi connectivity index (χ1n) is 7.03. The van der Waals surface area contributed by atoms with Crippen LogP contribution in [0.5, 0.6) is 11.5 Å². The van der Waals surface area contributed by atoms with Crippen LogP contribution in [0, 0.1) is 5.82 Å². The van der Waals surface area contributed by atoms with E-state index in [1.54, 1.807) is 49.6 Å². The largest absolute Gasteiger partial charge is 0.457 e. The molecule has 0 aliphatic heterocycles. The van der Waals surface area contributed by atoms with E-state index in [0.717, 1.165) is 11.1 Å². The molecule has 1 aromatic heterocycles. The number of rotatable bonds is 3. The fourth-order valence-electron chi connectivity index (χ4n) is 2.27. The van der Waals surface area contributed by atoms with Gasteiger partial charge in [-0.25, -0.2) is 4.39 Å². The molecule has 0 bridgehead atoms. The summed E-state index contributed by atoms with van der Waals surface area (Å²) in [7, 11) is 1.67. The third kappa shape index (κ3) is 3.23. The summed E-state index contributed by atoms with van der Waals surface area (Å²) in [5.74, 6) is 0.547. The van der Waals surface area contributed by atoms with Crippen molar-refractivity contribution in [1.29, 1.82) is 0 Å². The van der Waals surface area contributed by atoms with Crippen molar-refractivity contribution in [3.05, 3.63) is 77.0 Å². The number of nitrogen functional groups attached to an aromatic ring is 1. The number of nitrogens with zero attached hydrogens (tertiary/aromatic N) is 1. The van der Waals surface area contributed by atoms with Crippen molar-refractivity contribution in [2.75, 3.05) is 5.73 Å². The van der Waals surface area contributed by atoms with Crippen LogP contribution < -0.4 is 16.0 Å². The normalized spacial score (nSPS) is 10.5. The highest BCUT2D eigenvalue weighted by molar-refractivity contribution is 5.73. The number of aryl methyl sites for hydroxylation is 1. The Kier molecular flexibility index (Phi) is 3.85. The van der Waals surface area contributed by atoms with Crippen molar-refractivity contribution in [1.82, 2.24) is 4.57 Å². The van der Waals surface area contributed by atoms with Crippen molar-refractivity contribution in [2.24, 2.45) is 7.05 Å². The van der Waals surface area contributed by atoms with Crippen LogP contribution in [0.25, 0.3) is 11.1 Å². The van der Waals surface area contributed by atoms with Crippen LogP contribution in [0.3, 0.4) is 0 Å². The predicted octanol–water partition coefficient (Wildman–Crippen LogP) is 3.57. The van der Waals surface area contributed by atoms with Gasteiger partial charge in [0, 0.05) is 42.2 Å². The van der Waals surface area contributed by atoms with E-state index in [4.69, 9.17) is 10.5 Å². The van der Waals surface area contributed by atoms with E-state index in [-0.39, 0.29) is 11.4 Å². The Morgan fingerprint density at radius 3 is 2.65 bits per heavy atom. The molecule has 2 aromatic carbocycles. The zero-order valence-corrected chi connectivity index (χ0v) is 12.5. The Bertz CT molecular complexity index is 919. The molecule has 0 aliphatic carbocycles. The summed E-state index contributed by atoms with van der Waals surface area (Å²) in [6.07, 6.45) is 1.70. The van der Waals surface area contributed by atoms with E-state index >= 15 is 0 Å². The van der Waals surface area contributed by atoms with Crippen LogP contribution in [0.1, 0.15) is 0 Å². The maximum Gasteiger partial charge on any atom is 0.250 e. The van der Waals surface area contributed by atoms with Gasteiger partial charge in [0.1, 0.15) is 17.3 Å². The highest BCUT2D eigenvalue weighted by atomic mass is 19.1. The molecule has 0 saturated carbocycles. The molecule has 4 nitrogen and oxygen atoms in total. The zero-order valence-electron chi connectivity index (χ0n) is 12.5. The van der Waals surface area contributed by atoms with Crippen molar-refractivity contribution in [3.63, 3.8) is 0 Å². The number of anilines is 1. The molecule has 0 fully saturated rings. The molecule has 3 rings (SSSR count). The smallest absolute Gasteiger partial charge is 0.250 e. The monoisotopic (exact) mass is 310 g/mol. The Labute approximate surface area is 132 Å². The van der Waals surface area contributed by atoms with E-state index in [1.807, 2.05) is 0 Å². The molecule has 0 radical (unpaired) electrons. The number of ether oxygens (including phenoxy) is 1. The predicted molar refractivity (Wildman–Crippen MR) is 88.0 cm³/mol. The molecule has 116 valence electrons. The first-order chi connectivity index (χ1) is 11.0. The first-order valence-corrected chi connectivity index (χ1v) is 7.03. The first kappa shape index (κ1) is 14.8. The highest BCUT2D eigenvalue weighted by Crippen LogP contribution is 2.34. The van der Waals surface area contributed by atoms with Gasteiger partial charge in [0.2, 0.25) is 5.56 Å². The van der Waals surface area contributed by atoms with Crippen LogP contribution in [0.4, 0.5) is 10.1 Å². The van der Waals surface area contributed by atoms with Gasteiger partial charge in [-0.3, -0.25) is 4.79 Å². The Morgan fingerprint density at radius 1 is 1.09 bits per heavy atom. The fourth-order valence-corrected chi connectivity index (χ4v) is 2.27. The number of hydrogen-bond donors (Lipinski definition) is 1. The van der Waals surface area contributed by atoms with E-state index in [9.17, 15) is 9.18 Å². The maximum absolute atomic E-state index is 13.3. The van der Waals surface area contributed by atoms with Crippen molar-refractivity contribution in [2.45, 2.75) is 0 Å². The fraction of sp³-hybridized carbons (Fsp3) is 0.0556. The van der Waals surface area contributed by atoms with E-state index < -0.39 is 0 Å². The number of benzene rings is 2. The van der Waals surface area contributed by atoms with Crippen molar-refractivity contribution in [3.8, 4) is 22.6 Å². The third-order valence-electron chi connectivity index (χ3n) is 3.42. The van der Waals surface area contributed by atoms with Crippen LogP contribution in [-0.4, -0.2) is 4.57 Å². The van der Waals surface area contributed by atoms with Gasteiger partial charge in [0.25, 0.3) is 0 Å². The van der Waals surface area contributed by atoms with E-state index in [0.29, 0.717) is 17.2 Å². The van der Waals surface area contributed by atoms with E-state index in [2.05, 4.69) is 0 Å². The second-order valence-corrected chi connectivity index (χ2v) is 5.18. The lowest BCUT2D eigenvalue weighted by atomic mass is 10.1. The van der Waals surface area contributed by atoms with Gasteiger partial charge >= 0.3 is 0 Å². The molecule has 1 heterocycles. The Morgan fingerprint density at radius 2 is 1.91 bits per heavy atom. The summed E-state index contributed by atoms with van der Waals surface area (Å²) in [5.41, 5.74) is 7.84. The Hall–Kier alpha value is -3.08. The molecule has 0 aliphatic rings. The van der Waals surface area contributed by atoms with Crippen molar-refractivity contribution < 1.29 is 9.13 Å². The lowest BCUT2D eigenvalue weighted by Crippen LogP contribution is -2.14. The van der Waals surface area contributed by atoms with Gasteiger partial charge in [-0.1, -0.05) is 6.07 Å². The average Bonchev–Trinajstić information content (AvgIpc) is 2.52. The maximum atomic E-state index is 13.3. The molecule has 0 atom stereocenters. The summed E-state index contributed by atoms with van der Waals surface area (Å²) >= 11 is 0. The minimum Gasteiger partial charge on any atom is -0.457 e. The molecular weight excluding hydrogens is 295 g/mol. The number of aromatic nitrogens is 1. The van der Waals surface area contributed by atoms with Crippen LogP contribution >= 0.6 is 0 Å². The summed E-state index contributed by atoms with van der Waals surface area (Å²) in [5, 5.41) is 0. The minimum atomic E-state index is -0.374. The van der Waals surface area contributed by atoms with Crippen molar-refractivity contribution >= 4 is 5.69 Å².